The fourth-order valence-electron chi connectivity index (χ4n) is 1.67. The highest BCUT2D eigenvalue weighted by Gasteiger charge is 2.17. The molecule has 0 radical (unpaired) electrons. The van der Waals surface area contributed by atoms with E-state index >= 15 is 0 Å². The van der Waals surface area contributed by atoms with Gasteiger partial charge in [0.05, 0.1) is 6.10 Å². The average Bonchev–Trinajstić information content (AvgIpc) is 2.22. The summed E-state index contributed by atoms with van der Waals surface area (Å²) >= 11 is 0. The van der Waals surface area contributed by atoms with Crippen molar-refractivity contribution in [2.75, 3.05) is 44.2 Å². The molecule has 15 heavy (non-hydrogen) atoms. The predicted octanol–water partition coefficient (Wildman–Crippen LogP) is -0.589. The molecule has 0 aromatic heterocycles. The summed E-state index contributed by atoms with van der Waals surface area (Å²) in [7, 11) is -0.621. The van der Waals surface area contributed by atoms with Crippen LogP contribution >= 0.6 is 0 Å². The smallest absolute Gasteiger partial charge is 0.0791 e. The summed E-state index contributed by atoms with van der Waals surface area (Å²) in [5, 5.41) is 12.9. The molecule has 4 nitrogen and oxygen atoms in total. The third kappa shape index (κ3) is 5.61. The second-order valence-electron chi connectivity index (χ2n) is 4.01. The molecule has 1 unspecified atom stereocenters. The summed E-state index contributed by atoms with van der Waals surface area (Å²) in [4.78, 5) is 2.19. The zero-order valence-corrected chi connectivity index (χ0v) is 10.3. The molecule has 0 saturated carbocycles. The van der Waals surface area contributed by atoms with Crippen LogP contribution in [0.15, 0.2) is 0 Å². The van der Waals surface area contributed by atoms with Gasteiger partial charge in [0.15, 0.2) is 0 Å². The third-order valence-corrected chi connectivity index (χ3v) is 3.82. The van der Waals surface area contributed by atoms with Crippen LogP contribution in [0.2, 0.25) is 0 Å². The van der Waals surface area contributed by atoms with Gasteiger partial charge < -0.3 is 10.4 Å². The van der Waals surface area contributed by atoms with Crippen LogP contribution in [-0.2, 0) is 10.8 Å². The number of hydrogen-bond donors (Lipinski definition) is 2. The second kappa shape index (κ2) is 7.33. The van der Waals surface area contributed by atoms with Crippen LogP contribution in [0.3, 0.4) is 0 Å². The van der Waals surface area contributed by atoms with E-state index in [0.717, 1.165) is 37.6 Å². The molecule has 0 amide bonds. The van der Waals surface area contributed by atoms with Gasteiger partial charge in [-0.1, -0.05) is 6.92 Å². The van der Waals surface area contributed by atoms with Crippen LogP contribution in [0.25, 0.3) is 0 Å². The van der Waals surface area contributed by atoms with Crippen LogP contribution in [-0.4, -0.2) is 64.5 Å². The van der Waals surface area contributed by atoms with Gasteiger partial charge in [0.25, 0.3) is 0 Å². The lowest BCUT2D eigenvalue weighted by Crippen LogP contribution is -2.44. The Hall–Kier alpha value is 0.0300. The first kappa shape index (κ1) is 13.1. The number of nitrogens with one attached hydrogen (secondary N) is 1. The van der Waals surface area contributed by atoms with Crippen LogP contribution < -0.4 is 5.32 Å². The van der Waals surface area contributed by atoms with Crippen molar-refractivity contribution in [1.82, 2.24) is 10.2 Å². The van der Waals surface area contributed by atoms with Gasteiger partial charge in [-0.3, -0.25) is 9.11 Å². The normalized spacial score (nSPS) is 21.7. The van der Waals surface area contributed by atoms with E-state index in [1.807, 2.05) is 0 Å². The Bertz CT molecular complexity index is 192. The number of aliphatic hydroxyl groups is 1. The summed E-state index contributed by atoms with van der Waals surface area (Å²) < 4.78 is 11.1. The van der Waals surface area contributed by atoms with Gasteiger partial charge >= 0.3 is 0 Å². The maximum absolute atomic E-state index is 11.1. The minimum absolute atomic E-state index is 0.303. The topological polar surface area (TPSA) is 52.6 Å². The van der Waals surface area contributed by atoms with Gasteiger partial charge in [-0.05, 0) is 13.0 Å². The molecule has 1 fully saturated rings. The van der Waals surface area contributed by atoms with Crippen molar-refractivity contribution in [2.24, 2.45) is 0 Å². The molecule has 90 valence electrons. The fraction of sp³-hybridized carbons (Fsp3) is 1.00. The standard InChI is InChI=1S/C10H22N2O2S/c1-2-3-11-8-10(13)9-12-4-6-15(14)7-5-12/h10-11,13H,2-9H2,1H3. The van der Waals surface area contributed by atoms with Crippen molar-refractivity contribution in [3.63, 3.8) is 0 Å². The highest BCUT2D eigenvalue weighted by atomic mass is 32.2. The lowest BCUT2D eigenvalue weighted by molar-refractivity contribution is 0.116. The highest BCUT2D eigenvalue weighted by molar-refractivity contribution is 7.85. The monoisotopic (exact) mass is 234 g/mol. The molecule has 0 aromatic carbocycles. The number of aliphatic hydroxyl groups excluding tert-OH is 1. The molecule has 0 aromatic rings. The fourth-order valence-corrected chi connectivity index (χ4v) is 2.79. The van der Waals surface area contributed by atoms with E-state index < -0.39 is 10.8 Å². The Kier molecular flexibility index (Phi) is 6.40. The van der Waals surface area contributed by atoms with Gasteiger partial charge in [-0.2, -0.15) is 0 Å². The molecule has 0 spiro atoms. The minimum Gasteiger partial charge on any atom is -0.390 e. The van der Waals surface area contributed by atoms with Gasteiger partial charge in [-0.25, -0.2) is 0 Å². The molecule has 0 aliphatic carbocycles. The maximum Gasteiger partial charge on any atom is 0.0791 e. The van der Waals surface area contributed by atoms with Gasteiger partial charge in [0.1, 0.15) is 0 Å². The van der Waals surface area contributed by atoms with Gasteiger partial charge in [-0.15, -0.1) is 0 Å². The second-order valence-corrected chi connectivity index (χ2v) is 5.70. The lowest BCUT2D eigenvalue weighted by Gasteiger charge is -2.28. The van der Waals surface area contributed by atoms with Crippen molar-refractivity contribution < 1.29 is 9.32 Å². The Balaban J connectivity index is 2.09. The molecular weight excluding hydrogens is 212 g/mol. The van der Waals surface area contributed by atoms with E-state index in [4.69, 9.17) is 0 Å². The largest absolute Gasteiger partial charge is 0.390 e. The summed E-state index contributed by atoms with van der Waals surface area (Å²) in [5.41, 5.74) is 0. The highest BCUT2D eigenvalue weighted by Crippen LogP contribution is 2.00. The van der Waals surface area contributed by atoms with Crippen molar-refractivity contribution in [2.45, 2.75) is 19.4 Å². The third-order valence-electron chi connectivity index (χ3n) is 2.55. The van der Waals surface area contributed by atoms with Crippen molar-refractivity contribution >= 4 is 10.8 Å². The Morgan fingerprint density at radius 2 is 2.13 bits per heavy atom. The lowest BCUT2D eigenvalue weighted by atomic mass is 10.3. The van der Waals surface area contributed by atoms with Gasteiger partial charge in [0, 0.05) is 48.5 Å². The molecule has 1 rings (SSSR count). The summed E-state index contributed by atoms with van der Waals surface area (Å²) in [6, 6.07) is 0. The predicted molar refractivity (Wildman–Crippen MR) is 63.5 cm³/mol. The zero-order valence-electron chi connectivity index (χ0n) is 9.45. The van der Waals surface area contributed by atoms with Crippen LogP contribution in [0.1, 0.15) is 13.3 Å². The molecule has 0 bridgehead atoms. The van der Waals surface area contributed by atoms with Crippen LogP contribution in [0.5, 0.6) is 0 Å². The summed E-state index contributed by atoms with van der Waals surface area (Å²) in [6.45, 7) is 6.15. The summed E-state index contributed by atoms with van der Waals surface area (Å²) in [5.74, 6) is 1.52. The molecule has 1 atom stereocenters. The molecular formula is C10H22N2O2S. The first-order valence-corrected chi connectivity index (χ1v) is 7.17. The van der Waals surface area contributed by atoms with Crippen LogP contribution in [0.4, 0.5) is 0 Å². The number of hydrogen-bond acceptors (Lipinski definition) is 4. The van der Waals surface area contributed by atoms with Crippen molar-refractivity contribution in [1.29, 1.82) is 0 Å². The van der Waals surface area contributed by atoms with E-state index in [9.17, 15) is 9.32 Å². The first-order chi connectivity index (χ1) is 7.22. The molecule has 5 heteroatoms. The number of β-amino-alcohol motifs (C(OH)–C–C–N with tert-alkyl or cyclic N) is 1. The molecule has 1 aliphatic heterocycles. The van der Waals surface area contributed by atoms with Crippen molar-refractivity contribution in [3.05, 3.63) is 0 Å². The average molecular weight is 234 g/mol. The quantitative estimate of drug-likeness (QED) is 0.603. The van der Waals surface area contributed by atoms with E-state index in [2.05, 4.69) is 17.1 Å². The molecule has 1 saturated heterocycles. The number of nitrogens with zero attached hydrogens (tertiary/aromatic N) is 1. The minimum atomic E-state index is -0.621. The maximum atomic E-state index is 11.1. The molecule has 1 heterocycles. The number of rotatable bonds is 6. The Labute approximate surface area is 94.5 Å². The van der Waals surface area contributed by atoms with E-state index in [1.54, 1.807) is 0 Å². The van der Waals surface area contributed by atoms with Gasteiger partial charge in [0.2, 0.25) is 0 Å². The zero-order chi connectivity index (χ0) is 11.1. The first-order valence-electron chi connectivity index (χ1n) is 5.68. The van der Waals surface area contributed by atoms with Crippen LogP contribution in [0, 0.1) is 0 Å². The SMILES string of the molecule is CCCNCC(O)CN1CCS(=O)CC1. The Morgan fingerprint density at radius 3 is 2.73 bits per heavy atom. The van der Waals surface area contributed by atoms with E-state index in [-0.39, 0.29) is 6.10 Å². The van der Waals surface area contributed by atoms with E-state index in [0.29, 0.717) is 13.1 Å². The Morgan fingerprint density at radius 1 is 1.47 bits per heavy atom. The van der Waals surface area contributed by atoms with Crippen molar-refractivity contribution in [3.8, 4) is 0 Å². The molecule has 2 N–H and O–H groups in total. The van der Waals surface area contributed by atoms with E-state index in [1.165, 1.54) is 0 Å². The molecule has 1 aliphatic rings. The summed E-state index contributed by atoms with van der Waals surface area (Å²) in [6.07, 6.45) is 0.790.